The van der Waals surface area contributed by atoms with Crippen LogP contribution in [0.5, 0.6) is 0 Å². The third-order valence-corrected chi connectivity index (χ3v) is 4.42. The second kappa shape index (κ2) is 5.00. The molecule has 2 unspecified atom stereocenters. The molecule has 1 aromatic heterocycles. The van der Waals surface area contributed by atoms with E-state index in [0.29, 0.717) is 23.5 Å². The van der Waals surface area contributed by atoms with Gasteiger partial charge in [-0.05, 0) is 19.3 Å². The predicted octanol–water partition coefficient (Wildman–Crippen LogP) is 1.96. The van der Waals surface area contributed by atoms with Crippen LogP contribution >= 0.6 is 0 Å². The van der Waals surface area contributed by atoms with E-state index >= 15 is 0 Å². The Bertz CT molecular complexity index is 653. The first-order valence-corrected chi connectivity index (χ1v) is 7.38. The van der Waals surface area contributed by atoms with Crippen LogP contribution in [0.2, 0.25) is 0 Å². The normalized spacial score (nSPS) is 27.0. The van der Waals surface area contributed by atoms with E-state index in [0.717, 1.165) is 18.4 Å². The minimum Gasteiger partial charge on any atom is -0.355 e. The quantitative estimate of drug-likeness (QED) is 0.903. The third-order valence-electron chi connectivity index (χ3n) is 4.42. The van der Waals surface area contributed by atoms with Gasteiger partial charge in [-0.15, -0.1) is 0 Å². The molecule has 3 heterocycles. The summed E-state index contributed by atoms with van der Waals surface area (Å²) in [7, 11) is 0. The smallest absolute Gasteiger partial charge is 0.273 e. The van der Waals surface area contributed by atoms with Crippen LogP contribution in [-0.2, 0) is 0 Å². The molecule has 2 aliphatic heterocycles. The van der Waals surface area contributed by atoms with E-state index in [1.165, 1.54) is 6.42 Å². The van der Waals surface area contributed by atoms with Crippen molar-refractivity contribution < 1.29 is 9.32 Å². The molecule has 2 aliphatic rings. The molecule has 21 heavy (non-hydrogen) atoms. The minimum atomic E-state index is -0.153. The topological polar surface area (TPSA) is 67.2 Å². The Balaban J connectivity index is 1.47. The average molecular weight is 283 g/mol. The van der Waals surface area contributed by atoms with Crippen molar-refractivity contribution in [3.05, 3.63) is 42.1 Å². The average Bonchev–Trinajstić information content (AvgIpc) is 3.24. The van der Waals surface area contributed by atoms with Gasteiger partial charge in [0.25, 0.3) is 5.91 Å². The van der Waals surface area contributed by atoms with E-state index in [-0.39, 0.29) is 11.9 Å². The van der Waals surface area contributed by atoms with Crippen molar-refractivity contribution >= 4 is 5.91 Å². The summed E-state index contributed by atoms with van der Waals surface area (Å²) in [6, 6.07) is 12.6. The number of aromatic nitrogens is 1. The van der Waals surface area contributed by atoms with Gasteiger partial charge in [0.05, 0.1) is 0 Å². The van der Waals surface area contributed by atoms with Gasteiger partial charge in [-0.1, -0.05) is 35.5 Å². The summed E-state index contributed by atoms with van der Waals surface area (Å²) in [4.78, 5) is 12.3. The first kappa shape index (κ1) is 12.6. The first-order chi connectivity index (χ1) is 10.3. The van der Waals surface area contributed by atoms with Gasteiger partial charge in [-0.25, -0.2) is 0 Å². The van der Waals surface area contributed by atoms with Gasteiger partial charge >= 0.3 is 0 Å². The second-order valence-electron chi connectivity index (χ2n) is 5.81. The standard InChI is InChI=1S/C16H17N3O2/c20-16(18-13-8-11-6-7-12(13)17-11)14-9-15(21-19-14)10-4-2-1-3-5-10/h1-5,9,11-13,17H,6-8H2,(H,18,20)/t11?,12?,13-/m0/s1. The Kier molecular flexibility index (Phi) is 3.00. The summed E-state index contributed by atoms with van der Waals surface area (Å²) in [6.45, 7) is 0. The molecule has 2 bridgehead atoms. The van der Waals surface area contributed by atoms with Crippen LogP contribution in [0.4, 0.5) is 0 Å². The predicted molar refractivity (Wildman–Crippen MR) is 77.8 cm³/mol. The molecular formula is C16H17N3O2. The molecule has 2 aromatic rings. The Morgan fingerprint density at radius 2 is 2.14 bits per heavy atom. The van der Waals surface area contributed by atoms with Gasteiger partial charge in [0.2, 0.25) is 0 Å². The Morgan fingerprint density at radius 3 is 2.86 bits per heavy atom. The molecule has 2 fully saturated rings. The minimum absolute atomic E-state index is 0.153. The molecule has 1 aromatic carbocycles. The van der Waals surface area contributed by atoms with Crippen molar-refractivity contribution in [3.8, 4) is 11.3 Å². The fourth-order valence-corrected chi connectivity index (χ4v) is 3.35. The maximum absolute atomic E-state index is 12.3. The highest BCUT2D eigenvalue weighted by molar-refractivity contribution is 5.93. The van der Waals surface area contributed by atoms with Gasteiger partial charge in [0, 0.05) is 29.8 Å². The lowest BCUT2D eigenvalue weighted by Gasteiger charge is -2.20. The van der Waals surface area contributed by atoms with Crippen LogP contribution in [0, 0.1) is 0 Å². The molecule has 5 nitrogen and oxygen atoms in total. The number of hydrogen-bond donors (Lipinski definition) is 2. The Labute approximate surface area is 122 Å². The largest absolute Gasteiger partial charge is 0.355 e. The Hall–Kier alpha value is -2.14. The van der Waals surface area contributed by atoms with E-state index in [4.69, 9.17) is 4.52 Å². The molecule has 108 valence electrons. The van der Waals surface area contributed by atoms with Gasteiger partial charge in [-0.2, -0.15) is 0 Å². The Morgan fingerprint density at radius 1 is 1.29 bits per heavy atom. The number of nitrogens with zero attached hydrogens (tertiary/aromatic N) is 1. The molecule has 3 atom stereocenters. The molecule has 4 rings (SSSR count). The van der Waals surface area contributed by atoms with Crippen LogP contribution in [-0.4, -0.2) is 29.2 Å². The molecule has 2 saturated heterocycles. The van der Waals surface area contributed by atoms with Crippen molar-refractivity contribution in [2.45, 2.75) is 37.4 Å². The van der Waals surface area contributed by atoms with E-state index in [1.54, 1.807) is 6.07 Å². The van der Waals surface area contributed by atoms with Crippen molar-refractivity contribution in [2.24, 2.45) is 0 Å². The number of benzene rings is 1. The summed E-state index contributed by atoms with van der Waals surface area (Å²) in [5.74, 6) is 0.465. The SMILES string of the molecule is O=C(N[C@H]1CC2CCC1N2)c1cc(-c2ccccc2)on1. The van der Waals surface area contributed by atoms with Gasteiger partial charge in [0.15, 0.2) is 11.5 Å². The molecule has 0 aliphatic carbocycles. The number of fused-ring (bicyclic) bond motifs is 2. The van der Waals surface area contributed by atoms with Crippen molar-refractivity contribution in [3.63, 3.8) is 0 Å². The lowest BCUT2D eigenvalue weighted by atomic mass is 9.95. The summed E-state index contributed by atoms with van der Waals surface area (Å²) in [5.41, 5.74) is 1.27. The van der Waals surface area contributed by atoms with E-state index < -0.39 is 0 Å². The van der Waals surface area contributed by atoms with Gasteiger partial charge < -0.3 is 15.2 Å². The van der Waals surface area contributed by atoms with Crippen LogP contribution in [0.25, 0.3) is 11.3 Å². The summed E-state index contributed by atoms with van der Waals surface area (Å²) < 4.78 is 5.27. The van der Waals surface area contributed by atoms with Crippen LogP contribution in [0.3, 0.4) is 0 Å². The zero-order valence-electron chi connectivity index (χ0n) is 11.6. The van der Waals surface area contributed by atoms with E-state index in [1.807, 2.05) is 30.3 Å². The van der Waals surface area contributed by atoms with Crippen molar-refractivity contribution in [1.82, 2.24) is 15.8 Å². The number of amides is 1. The number of carbonyl (C=O) groups excluding carboxylic acids is 1. The molecular weight excluding hydrogens is 266 g/mol. The highest BCUT2D eigenvalue weighted by atomic mass is 16.5. The monoisotopic (exact) mass is 283 g/mol. The number of nitrogens with one attached hydrogen (secondary N) is 2. The van der Waals surface area contributed by atoms with E-state index in [9.17, 15) is 4.79 Å². The highest BCUT2D eigenvalue weighted by Crippen LogP contribution is 2.28. The molecule has 1 amide bonds. The lowest BCUT2D eigenvalue weighted by molar-refractivity contribution is 0.0922. The lowest BCUT2D eigenvalue weighted by Crippen LogP contribution is -2.43. The maximum atomic E-state index is 12.3. The van der Waals surface area contributed by atoms with E-state index in [2.05, 4.69) is 15.8 Å². The van der Waals surface area contributed by atoms with Crippen molar-refractivity contribution in [1.29, 1.82) is 0 Å². The summed E-state index contributed by atoms with van der Waals surface area (Å²) >= 11 is 0. The van der Waals surface area contributed by atoms with Crippen molar-refractivity contribution in [2.75, 3.05) is 0 Å². The molecule has 2 N–H and O–H groups in total. The molecule has 0 radical (unpaired) electrons. The maximum Gasteiger partial charge on any atom is 0.273 e. The molecule has 5 heteroatoms. The van der Waals surface area contributed by atoms with Gasteiger partial charge in [0.1, 0.15) is 0 Å². The fourth-order valence-electron chi connectivity index (χ4n) is 3.35. The summed E-state index contributed by atoms with van der Waals surface area (Å²) in [5, 5.41) is 10.5. The summed E-state index contributed by atoms with van der Waals surface area (Å²) in [6.07, 6.45) is 3.38. The number of carbonyl (C=O) groups is 1. The number of hydrogen-bond acceptors (Lipinski definition) is 4. The van der Waals surface area contributed by atoms with Crippen LogP contribution < -0.4 is 10.6 Å². The number of rotatable bonds is 3. The van der Waals surface area contributed by atoms with Gasteiger partial charge in [-0.3, -0.25) is 4.79 Å². The zero-order chi connectivity index (χ0) is 14.2. The second-order valence-corrected chi connectivity index (χ2v) is 5.81. The fraction of sp³-hybridized carbons (Fsp3) is 0.375. The molecule has 0 spiro atoms. The third kappa shape index (κ3) is 2.34. The highest BCUT2D eigenvalue weighted by Gasteiger charge is 2.39. The zero-order valence-corrected chi connectivity index (χ0v) is 11.6. The van der Waals surface area contributed by atoms with Crippen LogP contribution in [0.15, 0.2) is 40.9 Å². The van der Waals surface area contributed by atoms with Crippen LogP contribution in [0.1, 0.15) is 29.8 Å². The first-order valence-electron chi connectivity index (χ1n) is 7.38. The molecule has 0 saturated carbocycles.